The van der Waals surface area contributed by atoms with E-state index in [0.717, 1.165) is 42.0 Å². The molecular weight excluding hydrogens is 250 g/mol. The number of nitrogens with two attached hydrogens (primary N) is 1. The number of imidazole rings is 1. The number of nitrogens with zero attached hydrogens (tertiary/aromatic N) is 2. The van der Waals surface area contributed by atoms with Crippen molar-refractivity contribution in [2.75, 3.05) is 7.11 Å². The highest BCUT2D eigenvalue weighted by Crippen LogP contribution is 2.36. The van der Waals surface area contributed by atoms with Crippen molar-refractivity contribution < 1.29 is 4.74 Å². The number of aromatic nitrogens is 2. The quantitative estimate of drug-likeness (QED) is 0.934. The minimum absolute atomic E-state index is 0.263. The molecule has 0 amide bonds. The Morgan fingerprint density at radius 2 is 2.05 bits per heavy atom. The molecule has 1 aliphatic rings. The van der Waals surface area contributed by atoms with Gasteiger partial charge in [0.2, 0.25) is 0 Å². The molecule has 0 saturated heterocycles. The van der Waals surface area contributed by atoms with E-state index in [1.54, 1.807) is 7.11 Å². The smallest absolute Gasteiger partial charge is 0.130 e. The number of aryl methyl sites for hydroxylation is 1. The fourth-order valence-electron chi connectivity index (χ4n) is 3.34. The van der Waals surface area contributed by atoms with Gasteiger partial charge in [-0.3, -0.25) is 0 Å². The van der Waals surface area contributed by atoms with Crippen molar-refractivity contribution in [2.45, 2.75) is 51.1 Å². The Hall–Kier alpha value is -1.55. The Morgan fingerprint density at radius 1 is 1.30 bits per heavy atom. The van der Waals surface area contributed by atoms with E-state index in [0.29, 0.717) is 0 Å². The van der Waals surface area contributed by atoms with Crippen molar-refractivity contribution in [1.82, 2.24) is 9.55 Å². The lowest BCUT2D eigenvalue weighted by atomic mass is 9.82. The first-order chi connectivity index (χ1) is 9.68. The predicted molar refractivity (Wildman–Crippen MR) is 80.9 cm³/mol. The molecular formula is C16H23N3O. The maximum absolute atomic E-state index is 6.68. The lowest BCUT2D eigenvalue weighted by Crippen LogP contribution is -2.41. The van der Waals surface area contributed by atoms with Crippen LogP contribution in [0.25, 0.3) is 11.0 Å². The standard InChI is InChI=1S/C16H23N3O/c1-3-19-14-8-7-12(20-2)11-13(14)18-15(19)16(17)9-5-4-6-10-16/h7-8,11H,3-6,9-10,17H2,1-2H3. The average molecular weight is 273 g/mol. The maximum atomic E-state index is 6.68. The van der Waals surface area contributed by atoms with Gasteiger partial charge in [0.25, 0.3) is 0 Å². The molecule has 1 aromatic carbocycles. The fraction of sp³-hybridized carbons (Fsp3) is 0.562. The van der Waals surface area contributed by atoms with Crippen LogP contribution in [0.15, 0.2) is 18.2 Å². The summed E-state index contributed by atoms with van der Waals surface area (Å²) in [5, 5.41) is 0. The first kappa shape index (κ1) is 13.4. The zero-order chi connectivity index (χ0) is 14.2. The lowest BCUT2D eigenvalue weighted by molar-refractivity contribution is 0.279. The summed E-state index contributed by atoms with van der Waals surface area (Å²) in [4.78, 5) is 4.85. The van der Waals surface area contributed by atoms with Crippen molar-refractivity contribution in [3.63, 3.8) is 0 Å². The monoisotopic (exact) mass is 273 g/mol. The van der Waals surface area contributed by atoms with E-state index in [4.69, 9.17) is 15.5 Å². The Morgan fingerprint density at radius 3 is 2.70 bits per heavy atom. The number of rotatable bonds is 3. The van der Waals surface area contributed by atoms with E-state index in [-0.39, 0.29) is 5.54 Å². The topological polar surface area (TPSA) is 53.1 Å². The second kappa shape index (κ2) is 5.09. The molecule has 3 rings (SSSR count). The second-order valence-electron chi connectivity index (χ2n) is 5.75. The van der Waals surface area contributed by atoms with Crippen LogP contribution in [0.5, 0.6) is 5.75 Å². The molecule has 0 bridgehead atoms. The SMILES string of the molecule is CCn1c(C2(N)CCCCC2)nc2cc(OC)ccc21. The fourth-order valence-corrected chi connectivity index (χ4v) is 3.34. The molecule has 0 radical (unpaired) electrons. The zero-order valence-electron chi connectivity index (χ0n) is 12.4. The normalized spacial score (nSPS) is 18.4. The Balaban J connectivity index is 2.14. The molecule has 4 nitrogen and oxygen atoms in total. The van der Waals surface area contributed by atoms with Gasteiger partial charge < -0.3 is 15.0 Å². The minimum atomic E-state index is -0.263. The summed E-state index contributed by atoms with van der Waals surface area (Å²) in [6, 6.07) is 6.07. The summed E-state index contributed by atoms with van der Waals surface area (Å²) in [6.07, 6.45) is 5.76. The Kier molecular flexibility index (Phi) is 3.42. The minimum Gasteiger partial charge on any atom is -0.497 e. The van der Waals surface area contributed by atoms with Gasteiger partial charge in [-0.2, -0.15) is 0 Å². The summed E-state index contributed by atoms with van der Waals surface area (Å²) in [7, 11) is 1.68. The van der Waals surface area contributed by atoms with Crippen molar-refractivity contribution in [1.29, 1.82) is 0 Å². The van der Waals surface area contributed by atoms with Crippen LogP contribution in [-0.2, 0) is 12.1 Å². The number of hydrogen-bond acceptors (Lipinski definition) is 3. The van der Waals surface area contributed by atoms with Crippen molar-refractivity contribution in [3.8, 4) is 5.75 Å². The highest BCUT2D eigenvalue weighted by molar-refractivity contribution is 5.78. The molecule has 20 heavy (non-hydrogen) atoms. The molecule has 108 valence electrons. The van der Waals surface area contributed by atoms with Gasteiger partial charge in [0.05, 0.1) is 23.7 Å². The first-order valence-corrected chi connectivity index (χ1v) is 7.51. The summed E-state index contributed by atoms with van der Waals surface area (Å²) < 4.78 is 7.56. The molecule has 1 aromatic heterocycles. The van der Waals surface area contributed by atoms with Crippen LogP contribution in [0.3, 0.4) is 0 Å². The molecule has 1 aliphatic carbocycles. The van der Waals surface area contributed by atoms with Crippen molar-refractivity contribution in [2.24, 2.45) is 5.73 Å². The number of hydrogen-bond donors (Lipinski definition) is 1. The highest BCUT2D eigenvalue weighted by atomic mass is 16.5. The van der Waals surface area contributed by atoms with Crippen molar-refractivity contribution >= 4 is 11.0 Å². The van der Waals surface area contributed by atoms with Crippen LogP contribution in [0.2, 0.25) is 0 Å². The van der Waals surface area contributed by atoms with Gasteiger partial charge in [0.15, 0.2) is 0 Å². The van der Waals surface area contributed by atoms with Crippen LogP contribution in [0.1, 0.15) is 44.9 Å². The van der Waals surface area contributed by atoms with Crippen LogP contribution in [-0.4, -0.2) is 16.7 Å². The van der Waals surface area contributed by atoms with E-state index in [1.807, 2.05) is 12.1 Å². The Labute approximate surface area is 119 Å². The summed E-state index contributed by atoms with van der Waals surface area (Å²) in [5.41, 5.74) is 8.55. The third kappa shape index (κ3) is 2.08. The van der Waals surface area contributed by atoms with Crippen LogP contribution >= 0.6 is 0 Å². The van der Waals surface area contributed by atoms with Crippen molar-refractivity contribution in [3.05, 3.63) is 24.0 Å². The molecule has 0 aliphatic heterocycles. The first-order valence-electron chi connectivity index (χ1n) is 7.51. The molecule has 1 saturated carbocycles. The summed E-state index contributed by atoms with van der Waals surface area (Å²) in [5.74, 6) is 1.89. The molecule has 4 heteroatoms. The van der Waals surface area contributed by atoms with E-state index >= 15 is 0 Å². The number of benzene rings is 1. The third-order valence-corrected chi connectivity index (χ3v) is 4.46. The molecule has 0 unspecified atom stereocenters. The largest absolute Gasteiger partial charge is 0.497 e. The van der Waals surface area contributed by atoms with Gasteiger partial charge in [0.1, 0.15) is 11.6 Å². The van der Waals surface area contributed by atoms with Gasteiger partial charge in [-0.05, 0) is 31.9 Å². The summed E-state index contributed by atoms with van der Waals surface area (Å²) in [6.45, 7) is 3.05. The average Bonchev–Trinajstić information content (AvgIpc) is 2.86. The van der Waals surface area contributed by atoms with Gasteiger partial charge in [-0.1, -0.05) is 19.3 Å². The lowest BCUT2D eigenvalue weighted by Gasteiger charge is -2.33. The van der Waals surface area contributed by atoms with E-state index in [9.17, 15) is 0 Å². The predicted octanol–water partition coefficient (Wildman–Crippen LogP) is 3.18. The van der Waals surface area contributed by atoms with Gasteiger partial charge in [0, 0.05) is 12.6 Å². The third-order valence-electron chi connectivity index (χ3n) is 4.46. The molecule has 2 N–H and O–H groups in total. The molecule has 2 aromatic rings. The number of fused-ring (bicyclic) bond motifs is 1. The molecule has 0 atom stereocenters. The maximum Gasteiger partial charge on any atom is 0.130 e. The molecule has 1 fully saturated rings. The van der Waals surface area contributed by atoms with Crippen LogP contribution < -0.4 is 10.5 Å². The second-order valence-corrected chi connectivity index (χ2v) is 5.75. The summed E-state index contributed by atoms with van der Waals surface area (Å²) >= 11 is 0. The molecule has 0 spiro atoms. The zero-order valence-corrected chi connectivity index (χ0v) is 12.4. The van der Waals surface area contributed by atoms with E-state index < -0.39 is 0 Å². The highest BCUT2D eigenvalue weighted by Gasteiger charge is 2.34. The van der Waals surface area contributed by atoms with E-state index in [2.05, 4.69) is 17.6 Å². The van der Waals surface area contributed by atoms with Gasteiger partial charge in [-0.15, -0.1) is 0 Å². The molecule has 1 heterocycles. The van der Waals surface area contributed by atoms with Crippen LogP contribution in [0, 0.1) is 0 Å². The van der Waals surface area contributed by atoms with E-state index in [1.165, 1.54) is 19.3 Å². The van der Waals surface area contributed by atoms with Crippen LogP contribution in [0.4, 0.5) is 0 Å². The number of methoxy groups -OCH3 is 1. The number of ether oxygens (including phenoxy) is 1. The Bertz CT molecular complexity index is 611. The van der Waals surface area contributed by atoms with Gasteiger partial charge in [-0.25, -0.2) is 4.98 Å². The van der Waals surface area contributed by atoms with Gasteiger partial charge >= 0.3 is 0 Å².